The fraction of sp³-hybridized carbons (Fsp3) is 0.586. The molecule has 7 nitrogen and oxygen atoms in total. The fourth-order valence-corrected chi connectivity index (χ4v) is 5.75. The third-order valence-electron chi connectivity index (χ3n) is 7.67. The second-order valence-electron chi connectivity index (χ2n) is 11.2. The van der Waals surface area contributed by atoms with Crippen LogP contribution in [-0.4, -0.2) is 75.5 Å². The van der Waals surface area contributed by atoms with Crippen molar-refractivity contribution in [1.29, 1.82) is 0 Å². The lowest BCUT2D eigenvalue weighted by Gasteiger charge is -2.44. The van der Waals surface area contributed by atoms with Crippen LogP contribution < -0.4 is 0 Å². The number of rotatable bonds is 10. The first kappa shape index (κ1) is 29.9. The molecule has 37 heavy (non-hydrogen) atoms. The minimum atomic E-state index is -2.34. The largest absolute Gasteiger partial charge is 0.408 e. The third-order valence-corrected chi connectivity index (χ3v) is 12.1. The molecular formula is C29H44O7Si. The molecule has 0 radical (unpaired) electrons. The fourth-order valence-electron chi connectivity index (χ4n) is 4.45. The highest BCUT2D eigenvalue weighted by molar-refractivity contribution is 6.74. The van der Waals surface area contributed by atoms with E-state index in [4.69, 9.17) is 23.4 Å². The van der Waals surface area contributed by atoms with E-state index in [-0.39, 0.29) is 18.3 Å². The molecule has 1 aliphatic rings. The first-order valence-electron chi connectivity index (χ1n) is 12.9. The predicted molar refractivity (Wildman–Crippen MR) is 146 cm³/mol. The molecule has 0 amide bonds. The lowest BCUT2D eigenvalue weighted by molar-refractivity contribution is -0.183. The Hall–Kier alpha value is -1.62. The average Bonchev–Trinajstić information content (AvgIpc) is 2.94. The van der Waals surface area contributed by atoms with Crippen molar-refractivity contribution < 1.29 is 33.6 Å². The number of aliphatic hydroxyl groups is 2. The maximum Gasteiger partial charge on any atom is 0.192 e. The normalized spacial score (nSPS) is 29.2. The van der Waals surface area contributed by atoms with Crippen LogP contribution in [0.4, 0.5) is 0 Å². The topological polar surface area (TPSA) is 86.6 Å². The zero-order valence-electron chi connectivity index (χ0n) is 23.2. The van der Waals surface area contributed by atoms with E-state index in [0.29, 0.717) is 0 Å². The van der Waals surface area contributed by atoms with Crippen LogP contribution in [0.3, 0.4) is 0 Å². The Bertz CT molecular complexity index is 934. The Kier molecular flexibility index (Phi) is 10.5. The molecule has 0 saturated heterocycles. The lowest BCUT2D eigenvalue weighted by Crippen LogP contribution is -2.57. The number of hydrogen-bond acceptors (Lipinski definition) is 7. The molecule has 0 spiro atoms. The zero-order chi connectivity index (χ0) is 27.2. The Morgan fingerprint density at radius 1 is 0.649 bits per heavy atom. The first-order chi connectivity index (χ1) is 17.5. The molecule has 2 aromatic carbocycles. The van der Waals surface area contributed by atoms with Gasteiger partial charge in [-0.2, -0.15) is 0 Å². The van der Waals surface area contributed by atoms with Gasteiger partial charge in [0.05, 0.1) is 13.2 Å². The summed E-state index contributed by atoms with van der Waals surface area (Å²) in [6.45, 7) is 11.3. The van der Waals surface area contributed by atoms with E-state index in [2.05, 4.69) is 33.9 Å². The van der Waals surface area contributed by atoms with Crippen molar-refractivity contribution in [2.75, 3.05) is 14.2 Å². The van der Waals surface area contributed by atoms with Gasteiger partial charge >= 0.3 is 0 Å². The molecule has 3 rings (SSSR count). The number of benzene rings is 2. The van der Waals surface area contributed by atoms with Crippen molar-refractivity contribution in [3.05, 3.63) is 71.8 Å². The van der Waals surface area contributed by atoms with Crippen molar-refractivity contribution in [1.82, 2.24) is 0 Å². The Morgan fingerprint density at radius 3 is 1.51 bits per heavy atom. The summed E-state index contributed by atoms with van der Waals surface area (Å²) >= 11 is 0. The molecule has 8 heteroatoms. The molecule has 206 valence electrons. The molecule has 2 N–H and O–H groups in total. The van der Waals surface area contributed by atoms with Crippen LogP contribution >= 0.6 is 0 Å². The van der Waals surface area contributed by atoms with Crippen molar-refractivity contribution in [2.45, 2.75) is 94.8 Å². The minimum absolute atomic E-state index is 0.0942. The third kappa shape index (κ3) is 7.28. The second kappa shape index (κ2) is 13.0. The van der Waals surface area contributed by atoms with Crippen molar-refractivity contribution in [2.24, 2.45) is 0 Å². The smallest absolute Gasteiger partial charge is 0.192 e. The van der Waals surface area contributed by atoms with E-state index in [1.165, 1.54) is 7.11 Å². The highest BCUT2D eigenvalue weighted by Crippen LogP contribution is 2.40. The molecule has 7 atom stereocenters. The summed E-state index contributed by atoms with van der Waals surface area (Å²) in [6.07, 6.45) is -6.41. The maximum absolute atomic E-state index is 11.4. The number of methoxy groups -OCH3 is 2. The van der Waals surface area contributed by atoms with E-state index in [1.807, 2.05) is 60.7 Å². The predicted octanol–water partition coefficient (Wildman–Crippen LogP) is 4.31. The summed E-state index contributed by atoms with van der Waals surface area (Å²) in [4.78, 5) is 0. The van der Waals surface area contributed by atoms with Gasteiger partial charge in [0, 0.05) is 14.2 Å². The summed E-state index contributed by atoms with van der Waals surface area (Å²) in [5, 5.41) is 22.7. The van der Waals surface area contributed by atoms with Gasteiger partial charge in [-0.25, -0.2) is 0 Å². The van der Waals surface area contributed by atoms with E-state index in [0.717, 1.165) is 11.1 Å². The highest BCUT2D eigenvalue weighted by atomic mass is 28.4. The number of aliphatic hydroxyl groups excluding tert-OH is 2. The number of hydrogen-bond donors (Lipinski definition) is 2. The summed E-state index contributed by atoms with van der Waals surface area (Å²) in [5.41, 5.74) is 1.92. The van der Waals surface area contributed by atoms with Gasteiger partial charge in [0.15, 0.2) is 8.32 Å². The van der Waals surface area contributed by atoms with Gasteiger partial charge < -0.3 is 33.6 Å². The van der Waals surface area contributed by atoms with Crippen LogP contribution in [0, 0.1) is 0 Å². The molecule has 1 fully saturated rings. The molecular weight excluding hydrogens is 488 g/mol. The van der Waals surface area contributed by atoms with E-state index < -0.39 is 51.0 Å². The Balaban J connectivity index is 2.00. The minimum Gasteiger partial charge on any atom is -0.408 e. The van der Waals surface area contributed by atoms with Crippen molar-refractivity contribution >= 4 is 8.32 Å². The zero-order valence-corrected chi connectivity index (χ0v) is 24.2. The van der Waals surface area contributed by atoms with Crippen LogP contribution in [0.15, 0.2) is 60.7 Å². The van der Waals surface area contributed by atoms with Crippen LogP contribution in [0.25, 0.3) is 0 Å². The van der Waals surface area contributed by atoms with Gasteiger partial charge in [0.25, 0.3) is 0 Å². The Morgan fingerprint density at radius 2 is 1.08 bits per heavy atom. The van der Waals surface area contributed by atoms with Crippen molar-refractivity contribution in [3.63, 3.8) is 0 Å². The molecule has 0 aliphatic heterocycles. The van der Waals surface area contributed by atoms with Gasteiger partial charge in [0.1, 0.15) is 42.7 Å². The monoisotopic (exact) mass is 532 g/mol. The van der Waals surface area contributed by atoms with Crippen LogP contribution in [0.1, 0.15) is 31.9 Å². The summed E-state index contributed by atoms with van der Waals surface area (Å²) in [7, 11) is 0.767. The first-order valence-corrected chi connectivity index (χ1v) is 15.8. The van der Waals surface area contributed by atoms with Crippen LogP contribution in [0.2, 0.25) is 18.1 Å². The van der Waals surface area contributed by atoms with Gasteiger partial charge in [-0.15, -0.1) is 0 Å². The molecule has 2 aromatic rings. The summed E-state index contributed by atoms with van der Waals surface area (Å²) in [6, 6.07) is 19.5. The van der Waals surface area contributed by atoms with Crippen molar-refractivity contribution in [3.8, 4) is 0 Å². The summed E-state index contributed by atoms with van der Waals surface area (Å²) in [5.74, 6) is 0. The average molecular weight is 533 g/mol. The molecule has 0 bridgehead atoms. The van der Waals surface area contributed by atoms with Gasteiger partial charge in [-0.1, -0.05) is 81.4 Å². The highest BCUT2D eigenvalue weighted by Gasteiger charge is 2.55. The molecule has 2 unspecified atom stereocenters. The molecule has 1 saturated carbocycles. The number of ether oxygens (including phenoxy) is 4. The van der Waals surface area contributed by atoms with E-state index in [1.54, 1.807) is 7.11 Å². The van der Waals surface area contributed by atoms with Gasteiger partial charge in [0.2, 0.25) is 0 Å². The second-order valence-corrected chi connectivity index (χ2v) is 16.0. The standard InChI is InChI=1S/C29H44O7Si/c1-29(2,3)37(6,7)36-28-24(32-4)22(30)23(31)25(34-18-20-14-10-8-11-15-20)27(26(28)33-5)35-19-21-16-12-9-13-17-21/h8-17,22-28,30-31H,18-19H2,1-7H3/t22?,23?,24-,25-,26+,27-,28+/m0/s1. The molecule has 0 heterocycles. The Labute approximate surface area is 222 Å². The summed E-state index contributed by atoms with van der Waals surface area (Å²) < 4.78 is 31.4. The van der Waals surface area contributed by atoms with Crippen LogP contribution in [0.5, 0.6) is 0 Å². The SMILES string of the molecule is CO[C@@H]1[C@@H](OCc2ccccc2)[C@@H](OCc2ccccc2)C(O)C(O)[C@H](OC)[C@H]1O[Si](C)(C)C(C)(C)C. The lowest BCUT2D eigenvalue weighted by atomic mass is 10.0. The van der Waals surface area contributed by atoms with E-state index >= 15 is 0 Å². The molecule has 1 aliphatic carbocycles. The maximum atomic E-state index is 11.4. The molecule has 0 aromatic heterocycles. The van der Waals surface area contributed by atoms with E-state index in [9.17, 15) is 10.2 Å². The van der Waals surface area contributed by atoms with Gasteiger partial charge in [-0.05, 0) is 29.3 Å². The quantitative estimate of drug-likeness (QED) is 0.348. The van der Waals surface area contributed by atoms with Gasteiger partial charge in [-0.3, -0.25) is 0 Å². The van der Waals surface area contributed by atoms with Crippen LogP contribution in [-0.2, 0) is 36.6 Å².